The minimum absolute atomic E-state index is 0. The summed E-state index contributed by atoms with van der Waals surface area (Å²) in [7, 11) is 0. The number of carbonyl (C=O) groups is 1. The van der Waals surface area contributed by atoms with E-state index in [0.29, 0.717) is 3.57 Å². The van der Waals surface area contributed by atoms with E-state index in [9.17, 15) is 15.0 Å². The average Bonchev–Trinajstić information content (AvgIpc) is 2.23. The summed E-state index contributed by atoms with van der Waals surface area (Å²) in [6.45, 7) is 0. The number of phenols is 1. The number of aromatic hydroxyl groups is 1. The smallest absolute Gasteiger partial charge is 0.545 e. The molecule has 0 aliphatic heterocycles. The molecule has 2 rings (SSSR count). The van der Waals surface area contributed by atoms with Gasteiger partial charge in [-0.1, -0.05) is 24.3 Å². The minimum atomic E-state index is -1.36. The molecule has 0 aliphatic carbocycles. The van der Waals surface area contributed by atoms with Gasteiger partial charge in [0.25, 0.3) is 0 Å². The van der Waals surface area contributed by atoms with E-state index in [1.54, 1.807) is 6.07 Å². The quantitative estimate of drug-likeness (QED) is 0.510. The third-order valence-electron chi connectivity index (χ3n) is 2.18. The van der Waals surface area contributed by atoms with Crippen molar-refractivity contribution < 1.29 is 44.6 Å². The van der Waals surface area contributed by atoms with Gasteiger partial charge in [0.05, 0.1) is 9.54 Å². The Morgan fingerprint density at radius 1 is 1.31 bits per heavy atom. The fourth-order valence-electron chi connectivity index (χ4n) is 1.45. The predicted octanol–water partition coefficient (Wildman–Crippen LogP) is -1.48. The van der Waals surface area contributed by atoms with Crippen LogP contribution in [0.15, 0.2) is 30.3 Å². The molecular formula is C11H6INaO3. The molecule has 0 aromatic heterocycles. The third-order valence-corrected chi connectivity index (χ3v) is 3.27. The number of rotatable bonds is 1. The third kappa shape index (κ3) is 2.34. The standard InChI is InChI=1S/C11H7IO3.Na/c12-9-7-4-2-1-3-6(7)5-8(10(9)13)11(14)15;/h1-5,13H,(H,14,15);/q;+1/p-1. The summed E-state index contributed by atoms with van der Waals surface area (Å²) in [5.41, 5.74) is -0.168. The average molecular weight is 336 g/mol. The van der Waals surface area contributed by atoms with Crippen molar-refractivity contribution in [3.63, 3.8) is 0 Å². The fraction of sp³-hybridized carbons (Fsp3) is 0. The van der Waals surface area contributed by atoms with Gasteiger partial charge in [-0.3, -0.25) is 0 Å². The van der Waals surface area contributed by atoms with E-state index in [-0.39, 0.29) is 40.9 Å². The Balaban J connectivity index is 0.00000128. The molecule has 0 aliphatic rings. The number of benzene rings is 2. The first kappa shape index (κ1) is 13.8. The van der Waals surface area contributed by atoms with E-state index in [1.807, 2.05) is 40.8 Å². The Morgan fingerprint density at radius 2 is 1.94 bits per heavy atom. The van der Waals surface area contributed by atoms with Gasteiger partial charge in [0.1, 0.15) is 5.75 Å². The van der Waals surface area contributed by atoms with E-state index < -0.39 is 5.97 Å². The number of hydrogen-bond donors (Lipinski definition) is 1. The van der Waals surface area contributed by atoms with Crippen LogP contribution in [0.1, 0.15) is 10.4 Å². The van der Waals surface area contributed by atoms with Crippen molar-refractivity contribution in [2.45, 2.75) is 0 Å². The van der Waals surface area contributed by atoms with Crippen molar-refractivity contribution in [1.29, 1.82) is 0 Å². The molecule has 1 N–H and O–H groups in total. The number of aromatic carboxylic acids is 1. The predicted molar refractivity (Wildman–Crippen MR) is 62.7 cm³/mol. The van der Waals surface area contributed by atoms with Crippen LogP contribution in [0.3, 0.4) is 0 Å². The Morgan fingerprint density at radius 3 is 2.56 bits per heavy atom. The van der Waals surface area contributed by atoms with Crippen LogP contribution in [0.2, 0.25) is 0 Å². The molecule has 16 heavy (non-hydrogen) atoms. The van der Waals surface area contributed by atoms with Crippen LogP contribution in [-0.4, -0.2) is 11.1 Å². The topological polar surface area (TPSA) is 60.4 Å². The second-order valence-electron chi connectivity index (χ2n) is 3.10. The monoisotopic (exact) mass is 336 g/mol. The van der Waals surface area contributed by atoms with Crippen LogP contribution in [-0.2, 0) is 0 Å². The normalized spacial score (nSPS) is 9.81. The van der Waals surface area contributed by atoms with Crippen molar-refractivity contribution in [2.24, 2.45) is 0 Å². The summed E-state index contributed by atoms with van der Waals surface area (Å²) in [5, 5.41) is 22.0. The molecule has 0 unspecified atom stereocenters. The molecule has 0 saturated heterocycles. The molecule has 0 heterocycles. The minimum Gasteiger partial charge on any atom is -0.545 e. The molecule has 2 aromatic rings. The van der Waals surface area contributed by atoms with E-state index in [4.69, 9.17) is 0 Å². The van der Waals surface area contributed by atoms with Gasteiger partial charge >= 0.3 is 29.6 Å². The summed E-state index contributed by atoms with van der Waals surface area (Å²) in [5.74, 6) is -1.59. The second-order valence-corrected chi connectivity index (χ2v) is 4.17. The van der Waals surface area contributed by atoms with Gasteiger partial charge in [0.15, 0.2) is 0 Å². The maximum absolute atomic E-state index is 10.7. The molecule has 76 valence electrons. The molecule has 0 saturated carbocycles. The van der Waals surface area contributed by atoms with Crippen LogP contribution in [0.5, 0.6) is 5.75 Å². The summed E-state index contributed by atoms with van der Waals surface area (Å²) in [4.78, 5) is 10.7. The fourth-order valence-corrected chi connectivity index (χ4v) is 2.23. The van der Waals surface area contributed by atoms with Gasteiger partial charge < -0.3 is 15.0 Å². The Hall–Kier alpha value is -0.300. The Bertz CT molecular complexity index is 554. The molecule has 0 spiro atoms. The van der Waals surface area contributed by atoms with E-state index in [1.165, 1.54) is 6.07 Å². The first-order chi connectivity index (χ1) is 7.11. The first-order valence-electron chi connectivity index (χ1n) is 4.23. The van der Waals surface area contributed by atoms with Crippen LogP contribution >= 0.6 is 22.6 Å². The van der Waals surface area contributed by atoms with Gasteiger partial charge in [-0.25, -0.2) is 0 Å². The molecule has 0 bridgehead atoms. The van der Waals surface area contributed by atoms with Crippen molar-refractivity contribution in [3.8, 4) is 5.75 Å². The molecule has 5 heteroatoms. The zero-order valence-electron chi connectivity index (χ0n) is 8.53. The SMILES string of the molecule is O=C([O-])c1cc2ccccc2c(I)c1O.[Na+]. The molecule has 0 amide bonds. The summed E-state index contributed by atoms with van der Waals surface area (Å²) in [6.07, 6.45) is 0. The largest absolute Gasteiger partial charge is 1.00 e. The summed E-state index contributed by atoms with van der Waals surface area (Å²) in [6, 6.07) is 8.69. The maximum atomic E-state index is 10.7. The number of carboxylic acids is 1. The van der Waals surface area contributed by atoms with Crippen molar-refractivity contribution in [3.05, 3.63) is 39.5 Å². The Kier molecular flexibility index (Phi) is 4.61. The van der Waals surface area contributed by atoms with Crippen LogP contribution in [0.4, 0.5) is 0 Å². The van der Waals surface area contributed by atoms with E-state index in [0.717, 1.165) is 10.8 Å². The number of halogens is 1. The number of fused-ring (bicyclic) bond motifs is 1. The number of carbonyl (C=O) groups excluding carboxylic acids is 1. The molecule has 0 radical (unpaired) electrons. The molecule has 2 aromatic carbocycles. The van der Waals surface area contributed by atoms with Gasteiger partial charge in [0.2, 0.25) is 0 Å². The first-order valence-corrected chi connectivity index (χ1v) is 5.30. The molecule has 0 atom stereocenters. The van der Waals surface area contributed by atoms with Gasteiger partial charge in [-0.05, 0) is 39.4 Å². The van der Waals surface area contributed by atoms with Gasteiger partial charge in [-0.2, -0.15) is 0 Å². The zero-order valence-corrected chi connectivity index (χ0v) is 12.7. The number of carboxylic acid groups (broad SMARTS) is 1. The maximum Gasteiger partial charge on any atom is 1.00 e. The van der Waals surface area contributed by atoms with Crippen LogP contribution < -0.4 is 34.7 Å². The van der Waals surface area contributed by atoms with Gasteiger partial charge in [-0.15, -0.1) is 0 Å². The molecular weight excluding hydrogens is 330 g/mol. The number of hydrogen-bond acceptors (Lipinski definition) is 3. The zero-order chi connectivity index (χ0) is 11.0. The van der Waals surface area contributed by atoms with Crippen molar-refractivity contribution in [1.82, 2.24) is 0 Å². The van der Waals surface area contributed by atoms with E-state index >= 15 is 0 Å². The van der Waals surface area contributed by atoms with Crippen LogP contribution in [0.25, 0.3) is 10.8 Å². The summed E-state index contributed by atoms with van der Waals surface area (Å²) < 4.78 is 0.532. The van der Waals surface area contributed by atoms with E-state index in [2.05, 4.69) is 0 Å². The van der Waals surface area contributed by atoms with Crippen molar-refractivity contribution >= 4 is 39.3 Å². The van der Waals surface area contributed by atoms with Crippen LogP contribution in [0, 0.1) is 3.57 Å². The van der Waals surface area contributed by atoms with Crippen molar-refractivity contribution in [2.75, 3.05) is 0 Å². The second kappa shape index (κ2) is 5.35. The molecule has 0 fully saturated rings. The molecule has 3 nitrogen and oxygen atoms in total. The van der Waals surface area contributed by atoms with Gasteiger partial charge in [0, 0.05) is 5.56 Å². The summed E-state index contributed by atoms with van der Waals surface area (Å²) >= 11 is 1.92. The Labute approximate surface area is 128 Å².